The van der Waals surface area contributed by atoms with E-state index < -0.39 is 0 Å². The Balaban J connectivity index is 1.81. The van der Waals surface area contributed by atoms with Gasteiger partial charge in [-0.3, -0.25) is 14.6 Å². The minimum Gasteiger partial charge on any atom is -0.497 e. The van der Waals surface area contributed by atoms with Crippen molar-refractivity contribution in [3.8, 4) is 5.75 Å². The summed E-state index contributed by atoms with van der Waals surface area (Å²) in [6.07, 6.45) is 3.11. The summed E-state index contributed by atoms with van der Waals surface area (Å²) in [6.45, 7) is 2.30. The topological polar surface area (TPSA) is 71.5 Å². The molecule has 1 heterocycles. The third-order valence-corrected chi connectivity index (χ3v) is 4.61. The van der Waals surface area contributed by atoms with Crippen LogP contribution in [-0.4, -0.2) is 35.9 Å². The normalized spacial score (nSPS) is 10.3. The van der Waals surface area contributed by atoms with Crippen molar-refractivity contribution in [3.05, 3.63) is 89.2 Å². The molecule has 0 bridgehead atoms. The number of hydrogen-bond acceptors (Lipinski definition) is 4. The van der Waals surface area contributed by atoms with E-state index in [0.29, 0.717) is 23.4 Å². The number of methoxy groups -OCH3 is 1. The minimum atomic E-state index is -0.284. The van der Waals surface area contributed by atoms with Crippen LogP contribution < -0.4 is 10.1 Å². The molecule has 0 aliphatic heterocycles. The van der Waals surface area contributed by atoms with Gasteiger partial charge in [0.2, 0.25) is 0 Å². The van der Waals surface area contributed by atoms with Crippen LogP contribution in [0, 0.1) is 6.92 Å². The number of anilines is 1. The Kier molecular flexibility index (Phi) is 6.24. The van der Waals surface area contributed by atoms with Gasteiger partial charge >= 0.3 is 0 Å². The predicted molar refractivity (Wildman–Crippen MR) is 112 cm³/mol. The summed E-state index contributed by atoms with van der Waals surface area (Å²) in [5.41, 5.74) is 3.24. The molecular formula is C23H23N3O3. The number of benzene rings is 2. The molecule has 0 aliphatic rings. The number of rotatable bonds is 6. The molecule has 0 unspecified atom stereocenters. The standard InChI is InChI=1S/C23H23N3O3/c1-16-5-4-6-20(21(16)25-22(27)18-11-13-24-14-12-18)23(28)26(2)15-17-7-9-19(29-3)10-8-17/h4-14H,15H2,1-3H3,(H,25,27). The Labute approximate surface area is 170 Å². The van der Waals surface area contributed by atoms with Gasteiger partial charge < -0.3 is 15.0 Å². The fraction of sp³-hybridized carbons (Fsp3) is 0.174. The van der Waals surface area contributed by atoms with Crippen molar-refractivity contribution < 1.29 is 14.3 Å². The first kappa shape index (κ1) is 20.1. The summed E-state index contributed by atoms with van der Waals surface area (Å²) >= 11 is 0. The maximum absolute atomic E-state index is 13.1. The minimum absolute atomic E-state index is 0.172. The van der Waals surface area contributed by atoms with Crippen molar-refractivity contribution in [3.63, 3.8) is 0 Å². The van der Waals surface area contributed by atoms with Crippen LogP contribution in [0.25, 0.3) is 0 Å². The van der Waals surface area contributed by atoms with Crippen LogP contribution in [0.2, 0.25) is 0 Å². The first-order chi connectivity index (χ1) is 14.0. The summed E-state index contributed by atoms with van der Waals surface area (Å²) in [7, 11) is 3.35. The molecular weight excluding hydrogens is 366 g/mol. The van der Waals surface area contributed by atoms with Crippen LogP contribution in [0.3, 0.4) is 0 Å². The van der Waals surface area contributed by atoms with Crippen LogP contribution in [0.1, 0.15) is 31.8 Å². The fourth-order valence-electron chi connectivity index (χ4n) is 2.98. The van der Waals surface area contributed by atoms with Crippen molar-refractivity contribution in [2.24, 2.45) is 0 Å². The zero-order valence-corrected chi connectivity index (χ0v) is 16.7. The monoisotopic (exact) mass is 389 g/mol. The second kappa shape index (κ2) is 9.01. The van der Waals surface area contributed by atoms with Gasteiger partial charge in [-0.1, -0.05) is 24.3 Å². The third-order valence-electron chi connectivity index (χ3n) is 4.61. The molecule has 2 amide bonds. The first-order valence-corrected chi connectivity index (χ1v) is 9.19. The van der Waals surface area contributed by atoms with Gasteiger partial charge in [-0.05, 0) is 48.4 Å². The van der Waals surface area contributed by atoms with E-state index in [4.69, 9.17) is 4.74 Å². The number of nitrogens with one attached hydrogen (secondary N) is 1. The first-order valence-electron chi connectivity index (χ1n) is 9.19. The van der Waals surface area contributed by atoms with Gasteiger partial charge in [0, 0.05) is 31.5 Å². The van der Waals surface area contributed by atoms with Crippen molar-refractivity contribution in [2.45, 2.75) is 13.5 Å². The molecule has 0 atom stereocenters. The second-order valence-electron chi connectivity index (χ2n) is 6.70. The number of amides is 2. The van der Waals surface area contributed by atoms with Gasteiger partial charge in [0.15, 0.2) is 0 Å². The summed E-state index contributed by atoms with van der Waals surface area (Å²) in [6, 6.07) is 16.2. The quantitative estimate of drug-likeness (QED) is 0.694. The highest BCUT2D eigenvalue weighted by Gasteiger charge is 2.19. The number of carbonyl (C=O) groups excluding carboxylic acids is 2. The van der Waals surface area contributed by atoms with Gasteiger partial charge in [0.25, 0.3) is 11.8 Å². The van der Waals surface area contributed by atoms with E-state index in [2.05, 4.69) is 10.3 Å². The molecule has 6 heteroatoms. The molecule has 1 N–H and O–H groups in total. The molecule has 0 radical (unpaired) electrons. The smallest absolute Gasteiger partial charge is 0.256 e. The van der Waals surface area contributed by atoms with E-state index in [0.717, 1.165) is 16.9 Å². The summed E-state index contributed by atoms with van der Waals surface area (Å²) < 4.78 is 5.17. The highest BCUT2D eigenvalue weighted by Crippen LogP contribution is 2.23. The molecule has 0 aliphatic carbocycles. The summed E-state index contributed by atoms with van der Waals surface area (Å²) in [4.78, 5) is 31.2. The lowest BCUT2D eigenvalue weighted by atomic mass is 10.1. The molecule has 0 fully saturated rings. The van der Waals surface area contributed by atoms with Crippen LogP contribution in [-0.2, 0) is 6.54 Å². The van der Waals surface area contributed by atoms with E-state index in [1.165, 1.54) is 0 Å². The number of para-hydroxylation sites is 1. The molecule has 6 nitrogen and oxygen atoms in total. The molecule has 3 rings (SSSR count). The second-order valence-corrected chi connectivity index (χ2v) is 6.70. The van der Waals surface area contributed by atoms with Crippen LogP contribution in [0.4, 0.5) is 5.69 Å². The van der Waals surface area contributed by atoms with Crippen LogP contribution >= 0.6 is 0 Å². The highest BCUT2D eigenvalue weighted by molar-refractivity contribution is 6.09. The average molecular weight is 389 g/mol. The van der Waals surface area contributed by atoms with E-state index in [9.17, 15) is 9.59 Å². The molecule has 148 valence electrons. The highest BCUT2D eigenvalue weighted by atomic mass is 16.5. The predicted octanol–water partition coefficient (Wildman–Crippen LogP) is 3.92. The zero-order chi connectivity index (χ0) is 20.8. The Bertz CT molecular complexity index is 1000. The third kappa shape index (κ3) is 4.79. The number of pyridine rings is 1. The van der Waals surface area contributed by atoms with E-state index in [1.54, 1.807) is 49.7 Å². The zero-order valence-electron chi connectivity index (χ0n) is 16.7. The number of aryl methyl sites for hydroxylation is 1. The van der Waals surface area contributed by atoms with Crippen molar-refractivity contribution in [2.75, 3.05) is 19.5 Å². The van der Waals surface area contributed by atoms with Gasteiger partial charge in [0.1, 0.15) is 5.75 Å². The van der Waals surface area contributed by atoms with Crippen molar-refractivity contribution in [1.82, 2.24) is 9.88 Å². The largest absolute Gasteiger partial charge is 0.497 e. The summed E-state index contributed by atoms with van der Waals surface area (Å²) in [5, 5.41) is 2.88. The van der Waals surface area contributed by atoms with Gasteiger partial charge in [0.05, 0.1) is 18.4 Å². The Morgan fingerprint density at radius 2 is 1.72 bits per heavy atom. The molecule has 2 aromatic carbocycles. The van der Waals surface area contributed by atoms with Gasteiger partial charge in [-0.2, -0.15) is 0 Å². The van der Waals surface area contributed by atoms with Crippen molar-refractivity contribution in [1.29, 1.82) is 0 Å². The van der Waals surface area contributed by atoms with E-state index >= 15 is 0 Å². The lowest BCUT2D eigenvalue weighted by Crippen LogP contribution is -2.28. The number of nitrogens with zero attached hydrogens (tertiary/aromatic N) is 2. The maximum atomic E-state index is 13.1. The lowest BCUT2D eigenvalue weighted by molar-refractivity contribution is 0.0786. The number of aromatic nitrogens is 1. The molecule has 29 heavy (non-hydrogen) atoms. The molecule has 3 aromatic rings. The van der Waals surface area contributed by atoms with Crippen molar-refractivity contribution >= 4 is 17.5 Å². The molecule has 1 aromatic heterocycles. The summed E-state index contributed by atoms with van der Waals surface area (Å²) in [5.74, 6) is 0.311. The average Bonchev–Trinajstić information content (AvgIpc) is 2.75. The van der Waals surface area contributed by atoms with Gasteiger partial charge in [-0.25, -0.2) is 0 Å². The molecule has 0 saturated carbocycles. The van der Waals surface area contributed by atoms with E-state index in [-0.39, 0.29) is 11.8 Å². The maximum Gasteiger partial charge on any atom is 0.256 e. The molecule has 0 saturated heterocycles. The van der Waals surface area contributed by atoms with E-state index in [1.807, 2.05) is 43.3 Å². The van der Waals surface area contributed by atoms with Crippen LogP contribution in [0.5, 0.6) is 5.75 Å². The fourth-order valence-corrected chi connectivity index (χ4v) is 2.98. The molecule has 0 spiro atoms. The number of ether oxygens (including phenoxy) is 1. The lowest BCUT2D eigenvalue weighted by Gasteiger charge is -2.20. The Morgan fingerprint density at radius 1 is 1.03 bits per heavy atom. The Morgan fingerprint density at radius 3 is 2.38 bits per heavy atom. The number of carbonyl (C=O) groups is 2. The van der Waals surface area contributed by atoms with Gasteiger partial charge in [-0.15, -0.1) is 0 Å². The number of hydrogen-bond donors (Lipinski definition) is 1. The Hall–Kier alpha value is -3.67. The SMILES string of the molecule is COc1ccc(CN(C)C(=O)c2cccc(C)c2NC(=O)c2ccncc2)cc1. The van der Waals surface area contributed by atoms with Crippen LogP contribution in [0.15, 0.2) is 67.0 Å².